The van der Waals surface area contributed by atoms with Gasteiger partial charge in [-0.2, -0.15) is 5.10 Å². The smallest absolute Gasteiger partial charge is 0.270 e. The van der Waals surface area contributed by atoms with Gasteiger partial charge in [0.2, 0.25) is 0 Å². The number of benzene rings is 1. The molecule has 1 atom stereocenters. The highest BCUT2D eigenvalue weighted by atomic mass is 32.1. The molecular formula is C21H22N4O2S. The van der Waals surface area contributed by atoms with Crippen LogP contribution in [-0.2, 0) is 17.6 Å². The molecule has 2 heterocycles. The molecule has 2 aromatic heterocycles. The molecule has 0 bridgehead atoms. The predicted molar refractivity (Wildman–Crippen MR) is 108 cm³/mol. The summed E-state index contributed by atoms with van der Waals surface area (Å²) in [6.45, 7) is 0. The maximum absolute atomic E-state index is 12.8. The number of thiophene rings is 1. The summed E-state index contributed by atoms with van der Waals surface area (Å²) >= 11 is 1.53. The van der Waals surface area contributed by atoms with Crippen molar-refractivity contribution in [3.63, 3.8) is 0 Å². The van der Waals surface area contributed by atoms with E-state index in [1.54, 1.807) is 23.1 Å². The molecule has 28 heavy (non-hydrogen) atoms. The second-order valence-electron chi connectivity index (χ2n) is 6.86. The number of hydrogen-bond acceptors (Lipinski definition) is 4. The molecule has 0 saturated carbocycles. The van der Waals surface area contributed by atoms with E-state index in [1.165, 1.54) is 41.0 Å². The van der Waals surface area contributed by atoms with Crippen molar-refractivity contribution in [3.05, 3.63) is 75.7 Å². The van der Waals surface area contributed by atoms with Crippen LogP contribution in [0.25, 0.3) is 0 Å². The molecule has 144 valence electrons. The average Bonchev–Trinajstić information content (AvgIpc) is 3.33. The van der Waals surface area contributed by atoms with Crippen LogP contribution in [-0.4, -0.2) is 21.6 Å². The van der Waals surface area contributed by atoms with E-state index in [-0.39, 0.29) is 11.8 Å². The Kier molecular flexibility index (Phi) is 5.53. The van der Waals surface area contributed by atoms with Gasteiger partial charge in [-0.15, -0.1) is 11.3 Å². The molecule has 4 rings (SSSR count). The zero-order chi connectivity index (χ0) is 19.3. The third kappa shape index (κ3) is 3.99. The quantitative estimate of drug-likeness (QED) is 0.527. The number of carbonyl (C=O) groups is 2. The summed E-state index contributed by atoms with van der Waals surface area (Å²) in [6, 6.07) is 12.4. The molecule has 1 aliphatic carbocycles. The Morgan fingerprint density at radius 3 is 2.64 bits per heavy atom. The normalized spacial score (nSPS) is 14.6. The zero-order valence-electron chi connectivity index (χ0n) is 15.4. The third-order valence-corrected chi connectivity index (χ3v) is 6.16. The van der Waals surface area contributed by atoms with Gasteiger partial charge in [-0.3, -0.25) is 25.1 Å². The minimum Gasteiger partial charge on any atom is -0.270 e. The molecule has 2 N–H and O–H groups in total. The van der Waals surface area contributed by atoms with Crippen LogP contribution in [0, 0.1) is 0 Å². The molecule has 0 saturated heterocycles. The van der Waals surface area contributed by atoms with Gasteiger partial charge in [-0.05, 0) is 48.9 Å². The second kappa shape index (κ2) is 8.39. The lowest BCUT2D eigenvalue weighted by molar-refractivity contribution is -0.124. The van der Waals surface area contributed by atoms with Gasteiger partial charge >= 0.3 is 0 Å². The van der Waals surface area contributed by atoms with Crippen LogP contribution in [0.15, 0.2) is 54.9 Å². The van der Waals surface area contributed by atoms with E-state index in [9.17, 15) is 9.59 Å². The van der Waals surface area contributed by atoms with Gasteiger partial charge in [-0.1, -0.05) is 36.8 Å². The first-order chi connectivity index (χ1) is 13.7. The maximum Gasteiger partial charge on any atom is 0.279 e. The fraction of sp³-hybridized carbons (Fsp3) is 0.286. The Hall–Kier alpha value is -2.93. The number of aromatic nitrogens is 2. The number of amides is 2. The van der Waals surface area contributed by atoms with E-state index in [2.05, 4.69) is 16.0 Å². The molecule has 1 aliphatic rings. The van der Waals surface area contributed by atoms with E-state index in [0.717, 1.165) is 18.4 Å². The number of hydrogen-bond donors (Lipinski definition) is 2. The zero-order valence-corrected chi connectivity index (χ0v) is 16.2. The van der Waals surface area contributed by atoms with Gasteiger partial charge in [0.1, 0.15) is 0 Å². The third-order valence-electron chi connectivity index (χ3n) is 4.92. The van der Waals surface area contributed by atoms with E-state index in [4.69, 9.17) is 0 Å². The number of rotatable bonds is 4. The highest BCUT2D eigenvalue weighted by molar-refractivity contribution is 7.14. The fourth-order valence-electron chi connectivity index (χ4n) is 3.52. The number of nitrogens with one attached hydrogen (secondary N) is 2. The Bertz CT molecular complexity index is 927. The van der Waals surface area contributed by atoms with Gasteiger partial charge in [0.15, 0.2) is 6.04 Å². The highest BCUT2D eigenvalue weighted by Crippen LogP contribution is 2.28. The van der Waals surface area contributed by atoms with Crippen molar-refractivity contribution in [1.29, 1.82) is 0 Å². The van der Waals surface area contributed by atoms with Gasteiger partial charge in [-0.25, -0.2) is 0 Å². The van der Waals surface area contributed by atoms with Crippen molar-refractivity contribution < 1.29 is 9.59 Å². The summed E-state index contributed by atoms with van der Waals surface area (Å²) in [5.74, 6) is -0.625. The number of carbonyl (C=O) groups excluding carboxylic acids is 2. The molecule has 1 aromatic carbocycles. The molecule has 3 aromatic rings. The van der Waals surface area contributed by atoms with E-state index < -0.39 is 6.04 Å². The Morgan fingerprint density at radius 1 is 1.04 bits per heavy atom. The van der Waals surface area contributed by atoms with Crippen molar-refractivity contribution >= 4 is 23.2 Å². The monoisotopic (exact) mass is 394 g/mol. The Labute approximate surface area is 167 Å². The molecule has 0 radical (unpaired) electrons. The van der Waals surface area contributed by atoms with Crippen LogP contribution in [0.1, 0.15) is 51.0 Å². The number of fused-ring (bicyclic) bond motifs is 1. The van der Waals surface area contributed by atoms with Crippen molar-refractivity contribution in [2.24, 2.45) is 0 Å². The second-order valence-corrected chi connectivity index (χ2v) is 8.00. The summed E-state index contributed by atoms with van der Waals surface area (Å²) in [5.41, 5.74) is 7.20. The van der Waals surface area contributed by atoms with Gasteiger partial charge in [0, 0.05) is 17.3 Å². The summed E-state index contributed by atoms with van der Waals surface area (Å²) in [4.78, 5) is 27.3. The lowest BCUT2D eigenvalue weighted by atomic mass is 10.1. The molecule has 0 spiro atoms. The van der Waals surface area contributed by atoms with Crippen LogP contribution in [0.5, 0.6) is 0 Å². The Morgan fingerprint density at radius 2 is 1.86 bits per heavy atom. The van der Waals surface area contributed by atoms with E-state index in [1.807, 2.05) is 36.4 Å². The lowest BCUT2D eigenvalue weighted by Crippen LogP contribution is -2.45. The summed E-state index contributed by atoms with van der Waals surface area (Å²) in [7, 11) is 0. The van der Waals surface area contributed by atoms with Crippen LogP contribution in [0.2, 0.25) is 0 Å². The SMILES string of the molecule is O=C(NNC(=O)C(c1ccccc1)n1cccn1)c1cc2c(s1)CCCCC2. The summed E-state index contributed by atoms with van der Waals surface area (Å²) < 4.78 is 1.57. The molecule has 2 amide bonds. The predicted octanol–water partition coefficient (Wildman–Crippen LogP) is 3.26. The van der Waals surface area contributed by atoms with Gasteiger partial charge in [0.05, 0.1) is 4.88 Å². The molecule has 0 fully saturated rings. The van der Waals surface area contributed by atoms with Crippen LogP contribution in [0.3, 0.4) is 0 Å². The summed E-state index contributed by atoms with van der Waals surface area (Å²) in [5, 5.41) is 4.20. The standard InChI is InChI=1S/C21H22N4O2S/c26-20(18-14-16-10-5-2-6-11-17(16)28-18)23-24-21(27)19(25-13-7-12-22-25)15-8-3-1-4-9-15/h1,3-4,7-9,12-14,19H,2,5-6,10-11H2,(H,23,26)(H,24,27). The van der Waals surface area contributed by atoms with E-state index in [0.29, 0.717) is 4.88 Å². The molecule has 6 nitrogen and oxygen atoms in total. The number of aryl methyl sites for hydroxylation is 2. The lowest BCUT2D eigenvalue weighted by Gasteiger charge is -2.18. The average molecular weight is 395 g/mol. The first-order valence-electron chi connectivity index (χ1n) is 9.48. The van der Waals surface area contributed by atoms with Gasteiger partial charge < -0.3 is 0 Å². The molecular weight excluding hydrogens is 372 g/mol. The largest absolute Gasteiger partial charge is 0.279 e. The highest BCUT2D eigenvalue weighted by Gasteiger charge is 2.24. The Balaban J connectivity index is 1.46. The first-order valence-corrected chi connectivity index (χ1v) is 10.3. The fourth-order valence-corrected chi connectivity index (χ4v) is 4.67. The first kappa shape index (κ1) is 18.4. The van der Waals surface area contributed by atoms with E-state index >= 15 is 0 Å². The van der Waals surface area contributed by atoms with Crippen molar-refractivity contribution in [1.82, 2.24) is 20.6 Å². The van der Waals surface area contributed by atoms with Crippen molar-refractivity contribution in [2.45, 2.75) is 38.1 Å². The molecule has 1 unspecified atom stereocenters. The number of hydrazine groups is 1. The minimum atomic E-state index is -0.656. The number of nitrogens with zero attached hydrogens (tertiary/aromatic N) is 2. The van der Waals surface area contributed by atoms with Crippen LogP contribution in [0.4, 0.5) is 0 Å². The summed E-state index contributed by atoms with van der Waals surface area (Å²) in [6.07, 6.45) is 9.01. The van der Waals surface area contributed by atoms with Crippen LogP contribution >= 0.6 is 11.3 Å². The molecule has 7 heteroatoms. The maximum atomic E-state index is 12.8. The van der Waals surface area contributed by atoms with Crippen molar-refractivity contribution in [2.75, 3.05) is 0 Å². The molecule has 0 aliphatic heterocycles. The topological polar surface area (TPSA) is 76.0 Å². The van der Waals surface area contributed by atoms with Crippen molar-refractivity contribution in [3.8, 4) is 0 Å². The van der Waals surface area contributed by atoms with Gasteiger partial charge in [0.25, 0.3) is 11.8 Å². The minimum absolute atomic E-state index is 0.279. The van der Waals surface area contributed by atoms with Crippen LogP contribution < -0.4 is 10.9 Å².